The van der Waals surface area contributed by atoms with Crippen molar-refractivity contribution in [1.29, 1.82) is 0 Å². The van der Waals surface area contributed by atoms with Crippen molar-refractivity contribution >= 4 is 5.91 Å². The summed E-state index contributed by atoms with van der Waals surface area (Å²) in [6.07, 6.45) is -14.2. The van der Waals surface area contributed by atoms with E-state index in [0.29, 0.717) is 0 Å². The van der Waals surface area contributed by atoms with Crippen molar-refractivity contribution in [3.05, 3.63) is 0 Å². The van der Waals surface area contributed by atoms with Crippen molar-refractivity contribution in [2.24, 2.45) is 0 Å². The smallest absolute Gasteiger partial charge is 0.217 e. The molecule has 0 aliphatic carbocycles. The minimum absolute atomic E-state index is 0.671. The third kappa shape index (κ3) is 3.45. The van der Waals surface area contributed by atoms with Gasteiger partial charge in [0.25, 0.3) is 0 Å². The fourth-order valence-electron chi connectivity index (χ4n) is 3.41. The van der Waals surface area contributed by atoms with Crippen LogP contribution in [0.25, 0.3) is 0 Å². The van der Waals surface area contributed by atoms with Crippen molar-refractivity contribution < 1.29 is 55.1 Å². The Bertz CT molecular complexity index is 505. The number of amides is 1. The fourth-order valence-corrected chi connectivity index (χ4v) is 3.41. The number of rotatable bonds is 4. The van der Waals surface area contributed by atoms with E-state index in [9.17, 15) is 45.6 Å². The molecule has 1 unspecified atom stereocenters. The first-order valence-corrected chi connectivity index (χ1v) is 8.02. The highest BCUT2D eigenvalue weighted by Gasteiger charge is 2.64. The number of aliphatic hydroxyl groups is 8. The minimum atomic E-state index is -2.62. The Balaban J connectivity index is 2.41. The van der Waals surface area contributed by atoms with Crippen LogP contribution < -0.4 is 5.32 Å². The second-order valence-electron chi connectivity index (χ2n) is 6.51. The number of aliphatic hydroxyl groups excluding tert-OH is 7. The summed E-state index contributed by atoms with van der Waals surface area (Å²) in [4.78, 5) is 11.3. The zero-order valence-corrected chi connectivity index (χ0v) is 13.9. The van der Waals surface area contributed by atoms with E-state index in [1.165, 1.54) is 0 Å². The van der Waals surface area contributed by atoms with Gasteiger partial charge in [-0.2, -0.15) is 0 Å². The van der Waals surface area contributed by atoms with E-state index in [1.807, 2.05) is 0 Å². The third-order valence-corrected chi connectivity index (χ3v) is 4.82. The molecule has 2 aliphatic heterocycles. The second-order valence-corrected chi connectivity index (χ2v) is 6.51. The zero-order valence-electron chi connectivity index (χ0n) is 13.9. The summed E-state index contributed by atoms with van der Waals surface area (Å²) in [5.74, 6) is -0.671. The maximum Gasteiger partial charge on any atom is 0.217 e. The van der Waals surface area contributed by atoms with Crippen LogP contribution in [0.1, 0.15) is 6.92 Å². The quantitative estimate of drug-likeness (QED) is 0.223. The predicted octanol–water partition coefficient (Wildman–Crippen LogP) is -5.86. The van der Waals surface area contributed by atoms with Gasteiger partial charge in [0.15, 0.2) is 6.29 Å². The van der Waals surface area contributed by atoms with Crippen LogP contribution in [0.4, 0.5) is 0 Å². The second kappa shape index (κ2) is 7.98. The Morgan fingerprint density at radius 1 is 1.00 bits per heavy atom. The van der Waals surface area contributed by atoms with E-state index in [2.05, 4.69) is 5.32 Å². The maximum absolute atomic E-state index is 11.3. The van der Waals surface area contributed by atoms with Crippen molar-refractivity contribution in [3.63, 3.8) is 0 Å². The molecular weight excluding hydrogens is 358 g/mol. The molecule has 0 radical (unpaired) electrons. The Labute approximate surface area is 148 Å². The molecular formula is C14H25NO11. The van der Waals surface area contributed by atoms with Crippen molar-refractivity contribution in [2.45, 2.75) is 67.6 Å². The molecule has 0 bridgehead atoms. The van der Waals surface area contributed by atoms with Crippen LogP contribution in [0.15, 0.2) is 0 Å². The Hall–Kier alpha value is -0.930. The molecule has 152 valence electrons. The molecule has 2 rings (SSSR count). The van der Waals surface area contributed by atoms with Gasteiger partial charge in [-0.05, 0) is 0 Å². The van der Waals surface area contributed by atoms with Gasteiger partial charge in [-0.3, -0.25) is 4.79 Å². The first kappa shape index (κ1) is 21.4. The molecule has 1 amide bonds. The van der Waals surface area contributed by atoms with Crippen molar-refractivity contribution in [1.82, 2.24) is 5.32 Å². The molecule has 2 saturated heterocycles. The standard InChI is InChI=1S/C14H25NO11/c1-4(18)15-7-11(22)14(24,6(3-17)26-13(7)23)12-10(21)9(20)8(19)5(2-16)25-12/h5-13,16-17,19-24H,2-3H2,1H3,(H,15,18)/t5-,6-,7-,8-,9+,10-,11-,12+,13?,14-/m1/s1. The van der Waals surface area contributed by atoms with Gasteiger partial charge in [0, 0.05) is 6.92 Å². The van der Waals surface area contributed by atoms with Crippen LogP contribution in [0.3, 0.4) is 0 Å². The van der Waals surface area contributed by atoms with Crippen LogP contribution in [0.2, 0.25) is 0 Å². The number of carbonyl (C=O) groups is 1. The molecule has 12 nitrogen and oxygen atoms in total. The molecule has 2 heterocycles. The molecule has 10 atom stereocenters. The van der Waals surface area contributed by atoms with Gasteiger partial charge in [0.2, 0.25) is 5.91 Å². The topological polar surface area (TPSA) is 209 Å². The minimum Gasteiger partial charge on any atom is -0.394 e. The summed E-state index contributed by atoms with van der Waals surface area (Å²) in [7, 11) is 0. The maximum atomic E-state index is 11.3. The molecule has 0 aromatic rings. The molecule has 0 saturated carbocycles. The van der Waals surface area contributed by atoms with Gasteiger partial charge < -0.3 is 55.6 Å². The number of ether oxygens (including phenoxy) is 2. The number of carbonyl (C=O) groups excluding carboxylic acids is 1. The third-order valence-electron chi connectivity index (χ3n) is 4.82. The Kier molecular flexibility index (Phi) is 6.56. The van der Waals surface area contributed by atoms with E-state index in [1.54, 1.807) is 0 Å². The van der Waals surface area contributed by atoms with Crippen LogP contribution in [0, 0.1) is 0 Å². The molecule has 0 aromatic carbocycles. The SMILES string of the molecule is CC(=O)N[C@H]1C(O)O[C@H](CO)[C@](O)([C@H]2O[C@H](CO)[C@@H](O)[C@H](O)[C@H]2O)[C@@H]1O. The van der Waals surface area contributed by atoms with Crippen LogP contribution >= 0.6 is 0 Å². The van der Waals surface area contributed by atoms with Crippen LogP contribution in [-0.4, -0.2) is 121 Å². The van der Waals surface area contributed by atoms with Gasteiger partial charge in [-0.1, -0.05) is 0 Å². The Morgan fingerprint density at radius 3 is 2.12 bits per heavy atom. The lowest BCUT2D eigenvalue weighted by Gasteiger charge is -2.54. The lowest BCUT2D eigenvalue weighted by atomic mass is 9.74. The number of hydrogen-bond acceptors (Lipinski definition) is 11. The number of nitrogens with one attached hydrogen (secondary N) is 1. The van der Waals surface area contributed by atoms with Gasteiger partial charge >= 0.3 is 0 Å². The molecule has 0 aromatic heterocycles. The largest absolute Gasteiger partial charge is 0.394 e. The summed E-state index contributed by atoms with van der Waals surface area (Å²) in [5.41, 5.74) is -2.62. The van der Waals surface area contributed by atoms with Gasteiger partial charge in [0.05, 0.1) is 13.2 Å². The summed E-state index contributed by atoms with van der Waals surface area (Å²) in [5, 5.41) is 82.5. The molecule has 0 spiro atoms. The lowest BCUT2D eigenvalue weighted by Crippen LogP contribution is -2.78. The fraction of sp³-hybridized carbons (Fsp3) is 0.929. The molecule has 12 heteroatoms. The van der Waals surface area contributed by atoms with Gasteiger partial charge in [-0.15, -0.1) is 0 Å². The van der Waals surface area contributed by atoms with Gasteiger partial charge in [-0.25, -0.2) is 0 Å². The van der Waals surface area contributed by atoms with Gasteiger partial charge in [0.1, 0.15) is 54.4 Å². The number of hydrogen-bond donors (Lipinski definition) is 9. The summed E-state index contributed by atoms with van der Waals surface area (Å²) in [6.45, 7) is -0.618. The average Bonchev–Trinajstić information content (AvgIpc) is 2.59. The average molecular weight is 383 g/mol. The molecule has 2 fully saturated rings. The van der Waals surface area contributed by atoms with E-state index >= 15 is 0 Å². The first-order chi connectivity index (χ1) is 12.1. The summed E-state index contributed by atoms with van der Waals surface area (Å²) < 4.78 is 10.3. The summed E-state index contributed by atoms with van der Waals surface area (Å²) in [6, 6.07) is -1.55. The van der Waals surface area contributed by atoms with Crippen LogP contribution in [-0.2, 0) is 14.3 Å². The van der Waals surface area contributed by atoms with E-state index in [-0.39, 0.29) is 0 Å². The monoisotopic (exact) mass is 383 g/mol. The molecule has 26 heavy (non-hydrogen) atoms. The lowest BCUT2D eigenvalue weighted by molar-refractivity contribution is -0.350. The van der Waals surface area contributed by atoms with Crippen molar-refractivity contribution in [2.75, 3.05) is 13.2 Å². The van der Waals surface area contributed by atoms with Crippen molar-refractivity contribution in [3.8, 4) is 0 Å². The van der Waals surface area contributed by atoms with E-state index in [0.717, 1.165) is 6.92 Å². The zero-order chi connectivity index (χ0) is 19.8. The highest BCUT2D eigenvalue weighted by molar-refractivity contribution is 5.73. The van der Waals surface area contributed by atoms with E-state index < -0.39 is 79.8 Å². The highest BCUT2D eigenvalue weighted by atomic mass is 16.6. The predicted molar refractivity (Wildman–Crippen MR) is 80.3 cm³/mol. The molecule has 9 N–H and O–H groups in total. The first-order valence-electron chi connectivity index (χ1n) is 8.02. The summed E-state index contributed by atoms with van der Waals surface area (Å²) >= 11 is 0. The van der Waals surface area contributed by atoms with Crippen LogP contribution in [0.5, 0.6) is 0 Å². The molecule has 2 aliphatic rings. The van der Waals surface area contributed by atoms with E-state index in [4.69, 9.17) is 9.47 Å². The normalized spacial score (nSPS) is 49.7. The highest BCUT2D eigenvalue weighted by Crippen LogP contribution is 2.38. The Morgan fingerprint density at radius 2 is 1.62 bits per heavy atom.